The van der Waals surface area contributed by atoms with Crippen LogP contribution in [0.3, 0.4) is 0 Å². The molecule has 0 unspecified atom stereocenters. The monoisotopic (exact) mass is 441 g/mol. The summed E-state index contributed by atoms with van der Waals surface area (Å²) >= 11 is 0. The predicted octanol–water partition coefficient (Wildman–Crippen LogP) is 5.37. The van der Waals surface area contributed by atoms with Crippen molar-refractivity contribution < 1.29 is 14.6 Å². The molecule has 6 nitrogen and oxygen atoms in total. The Morgan fingerprint density at radius 2 is 1.91 bits per heavy atom. The summed E-state index contributed by atoms with van der Waals surface area (Å²) in [6.07, 6.45) is 5.39. The van der Waals surface area contributed by atoms with Crippen LogP contribution in [0.25, 0.3) is 6.08 Å². The lowest BCUT2D eigenvalue weighted by molar-refractivity contribution is -0.138. The van der Waals surface area contributed by atoms with Crippen LogP contribution in [0.4, 0.5) is 0 Å². The van der Waals surface area contributed by atoms with E-state index in [9.17, 15) is 9.90 Å². The lowest BCUT2D eigenvalue weighted by Crippen LogP contribution is -2.36. The third-order valence-corrected chi connectivity index (χ3v) is 6.52. The summed E-state index contributed by atoms with van der Waals surface area (Å²) in [5.41, 5.74) is 4.87. The van der Waals surface area contributed by atoms with E-state index in [0.717, 1.165) is 31.5 Å². The van der Waals surface area contributed by atoms with Crippen LogP contribution in [0.1, 0.15) is 76.9 Å². The van der Waals surface area contributed by atoms with Crippen molar-refractivity contribution in [2.45, 2.75) is 73.8 Å². The maximum absolute atomic E-state index is 12.2. The molecular weight excluding hydrogens is 402 g/mol. The number of nitrogens with zero attached hydrogens (tertiary/aromatic N) is 3. The van der Waals surface area contributed by atoms with Crippen molar-refractivity contribution >= 4 is 17.8 Å². The van der Waals surface area contributed by atoms with Gasteiger partial charge in [-0.15, -0.1) is 0 Å². The largest absolute Gasteiger partial charge is 0.505 e. The van der Waals surface area contributed by atoms with E-state index in [1.807, 2.05) is 6.08 Å². The summed E-state index contributed by atoms with van der Waals surface area (Å²) in [6, 6.07) is 2.63. The van der Waals surface area contributed by atoms with Gasteiger partial charge in [0.1, 0.15) is 11.3 Å². The number of piperidine rings is 1. The predicted molar refractivity (Wildman–Crippen MR) is 130 cm³/mol. The summed E-state index contributed by atoms with van der Waals surface area (Å²) in [5.74, 6) is -0.628. The molecule has 1 aromatic rings. The van der Waals surface area contributed by atoms with Crippen LogP contribution < -0.4 is 0 Å². The van der Waals surface area contributed by atoms with Crippen LogP contribution in [0.2, 0.25) is 0 Å². The zero-order valence-corrected chi connectivity index (χ0v) is 20.8. The Bertz CT molecular complexity index is 952. The van der Waals surface area contributed by atoms with E-state index in [0.29, 0.717) is 22.9 Å². The fraction of sp³-hybridized carbons (Fsp3) is 0.615. The van der Waals surface area contributed by atoms with Crippen LogP contribution >= 0.6 is 0 Å². The molecule has 0 spiro atoms. The van der Waals surface area contributed by atoms with E-state index in [4.69, 9.17) is 4.74 Å². The second-order valence-corrected chi connectivity index (χ2v) is 10.3. The van der Waals surface area contributed by atoms with Gasteiger partial charge >= 0.3 is 5.97 Å². The highest BCUT2D eigenvalue weighted by Crippen LogP contribution is 2.32. The van der Waals surface area contributed by atoms with Gasteiger partial charge in [0.15, 0.2) is 5.76 Å². The summed E-state index contributed by atoms with van der Waals surface area (Å²) in [4.78, 5) is 19.2. The number of aliphatic imine (C=N–C) groups is 1. The number of rotatable bonds is 6. The molecule has 0 amide bonds. The molecule has 0 atom stereocenters. The molecule has 32 heavy (non-hydrogen) atoms. The SMILES string of the molecule is CCOC(=O)C1=C(O)/C(=C\c2cc(C)n(C3CCN(CCC(C)(C)C)CC3)c2C)N=C1C. The zero-order chi connectivity index (χ0) is 23.6. The van der Waals surface area contributed by atoms with Crippen molar-refractivity contribution in [1.82, 2.24) is 9.47 Å². The number of aromatic nitrogens is 1. The van der Waals surface area contributed by atoms with Crippen molar-refractivity contribution in [1.29, 1.82) is 0 Å². The summed E-state index contributed by atoms with van der Waals surface area (Å²) in [6.45, 7) is 18.4. The average molecular weight is 442 g/mol. The molecule has 1 N–H and O–H groups in total. The molecule has 0 aromatic carbocycles. The average Bonchev–Trinajstić information content (AvgIpc) is 3.15. The second kappa shape index (κ2) is 9.65. The molecule has 6 heteroatoms. The van der Waals surface area contributed by atoms with Gasteiger partial charge in [-0.1, -0.05) is 20.8 Å². The smallest absolute Gasteiger partial charge is 0.343 e. The van der Waals surface area contributed by atoms with Gasteiger partial charge in [-0.3, -0.25) is 0 Å². The molecule has 2 aliphatic heterocycles. The number of aliphatic hydroxyl groups is 1. The number of hydrogen-bond acceptors (Lipinski definition) is 5. The van der Waals surface area contributed by atoms with Gasteiger partial charge in [0, 0.05) is 30.5 Å². The van der Waals surface area contributed by atoms with Crippen molar-refractivity contribution in [3.63, 3.8) is 0 Å². The maximum atomic E-state index is 12.2. The zero-order valence-electron chi connectivity index (χ0n) is 20.8. The highest BCUT2D eigenvalue weighted by atomic mass is 16.5. The van der Waals surface area contributed by atoms with Crippen LogP contribution in [-0.4, -0.2) is 52.5 Å². The lowest BCUT2D eigenvalue weighted by atomic mass is 9.91. The van der Waals surface area contributed by atoms with Crippen molar-refractivity contribution in [3.8, 4) is 0 Å². The first-order chi connectivity index (χ1) is 15.0. The number of carbonyl (C=O) groups is 1. The summed E-state index contributed by atoms with van der Waals surface area (Å²) < 4.78 is 7.50. The summed E-state index contributed by atoms with van der Waals surface area (Å²) in [7, 11) is 0. The molecule has 3 rings (SSSR count). The number of likely N-dealkylation sites (tertiary alicyclic amines) is 1. The molecule has 0 radical (unpaired) electrons. The molecule has 1 fully saturated rings. The van der Waals surface area contributed by atoms with Gasteiger partial charge in [-0.2, -0.15) is 0 Å². The second-order valence-electron chi connectivity index (χ2n) is 10.3. The van der Waals surface area contributed by atoms with E-state index in [2.05, 4.69) is 55.1 Å². The molecule has 2 aliphatic rings. The van der Waals surface area contributed by atoms with E-state index in [-0.39, 0.29) is 17.9 Å². The summed E-state index contributed by atoms with van der Waals surface area (Å²) in [5, 5.41) is 10.6. The number of aryl methyl sites for hydroxylation is 1. The fourth-order valence-electron chi connectivity index (χ4n) is 4.69. The Kier molecular flexibility index (Phi) is 7.33. The first-order valence-corrected chi connectivity index (χ1v) is 11.8. The Morgan fingerprint density at radius 3 is 2.50 bits per heavy atom. The Balaban J connectivity index is 1.76. The Morgan fingerprint density at radius 1 is 1.25 bits per heavy atom. The van der Waals surface area contributed by atoms with Gasteiger partial charge in [-0.05, 0) is 76.6 Å². The number of esters is 1. The van der Waals surface area contributed by atoms with Crippen LogP contribution in [0.15, 0.2) is 28.1 Å². The Labute approximate surface area is 192 Å². The van der Waals surface area contributed by atoms with Crippen LogP contribution in [-0.2, 0) is 9.53 Å². The van der Waals surface area contributed by atoms with Crippen LogP contribution in [0.5, 0.6) is 0 Å². The number of carbonyl (C=O) groups excluding carboxylic acids is 1. The highest BCUT2D eigenvalue weighted by Gasteiger charge is 2.29. The molecule has 0 bridgehead atoms. The van der Waals surface area contributed by atoms with Gasteiger partial charge in [0.2, 0.25) is 0 Å². The fourth-order valence-corrected chi connectivity index (χ4v) is 4.69. The van der Waals surface area contributed by atoms with Crippen molar-refractivity contribution in [3.05, 3.63) is 40.0 Å². The van der Waals surface area contributed by atoms with E-state index in [1.165, 1.54) is 24.4 Å². The van der Waals surface area contributed by atoms with Gasteiger partial charge < -0.3 is 19.3 Å². The lowest BCUT2D eigenvalue weighted by Gasteiger charge is -2.35. The topological polar surface area (TPSA) is 67.1 Å². The minimum Gasteiger partial charge on any atom is -0.505 e. The quantitative estimate of drug-likeness (QED) is 0.603. The molecule has 1 aromatic heterocycles. The molecule has 1 saturated heterocycles. The normalized spacial score (nSPS) is 19.7. The minimum absolute atomic E-state index is 0.0992. The number of hydrogen-bond donors (Lipinski definition) is 1. The highest BCUT2D eigenvalue weighted by molar-refractivity contribution is 6.22. The van der Waals surface area contributed by atoms with E-state index >= 15 is 0 Å². The van der Waals surface area contributed by atoms with Gasteiger partial charge in [-0.25, -0.2) is 9.79 Å². The van der Waals surface area contributed by atoms with Gasteiger partial charge in [0.25, 0.3) is 0 Å². The molecule has 176 valence electrons. The van der Waals surface area contributed by atoms with Gasteiger partial charge in [0.05, 0.1) is 12.3 Å². The molecular formula is C26H39N3O3. The molecule has 0 aliphatic carbocycles. The van der Waals surface area contributed by atoms with Crippen molar-refractivity contribution in [2.24, 2.45) is 10.4 Å². The maximum Gasteiger partial charge on any atom is 0.343 e. The number of aliphatic hydroxyl groups excluding tert-OH is 1. The van der Waals surface area contributed by atoms with E-state index in [1.54, 1.807) is 13.8 Å². The number of ether oxygens (including phenoxy) is 1. The standard InChI is InChI=1S/C26H39N3O3/c1-8-32-25(31)23-18(3)27-22(24(23)30)16-20-15-17(2)29(19(20)4)21-9-12-28(13-10-21)14-11-26(5,6)7/h15-16,21,30H,8-14H2,1-7H3/b22-16+. The third kappa shape index (κ3) is 5.34. The molecule has 0 saturated carbocycles. The minimum atomic E-state index is -0.529. The van der Waals surface area contributed by atoms with Crippen LogP contribution in [0, 0.1) is 19.3 Å². The third-order valence-electron chi connectivity index (χ3n) is 6.52. The first kappa shape index (κ1) is 24.3. The van der Waals surface area contributed by atoms with Crippen molar-refractivity contribution in [2.75, 3.05) is 26.2 Å². The molecule has 3 heterocycles. The Hall–Kier alpha value is -2.34. The van der Waals surface area contributed by atoms with E-state index < -0.39 is 5.97 Å². The first-order valence-electron chi connectivity index (χ1n) is 11.8.